The van der Waals surface area contributed by atoms with E-state index in [2.05, 4.69) is 41.2 Å². The van der Waals surface area contributed by atoms with E-state index in [1.54, 1.807) is 22.3 Å². The van der Waals surface area contributed by atoms with Gasteiger partial charge in [-0.05, 0) is 62.3 Å². The number of aromatic nitrogens is 1. The lowest BCUT2D eigenvalue weighted by Gasteiger charge is -2.42. The Morgan fingerprint density at radius 2 is 2.00 bits per heavy atom. The molecule has 4 heterocycles. The highest BCUT2D eigenvalue weighted by Gasteiger charge is 2.28. The summed E-state index contributed by atoms with van der Waals surface area (Å²) in [4.78, 5) is 21.9. The molecule has 1 aromatic carbocycles. The third-order valence-electron chi connectivity index (χ3n) is 5.79. The summed E-state index contributed by atoms with van der Waals surface area (Å²) in [5, 5.41) is 4.59. The highest BCUT2D eigenvalue weighted by atomic mass is 32.1. The predicted octanol–water partition coefficient (Wildman–Crippen LogP) is 4.37. The molecule has 1 amide bonds. The topological polar surface area (TPSA) is 48.5 Å². The van der Waals surface area contributed by atoms with Gasteiger partial charge in [-0.1, -0.05) is 18.2 Å². The molecule has 31 heavy (non-hydrogen) atoms. The highest BCUT2D eigenvalue weighted by Crippen LogP contribution is 2.29. The third kappa shape index (κ3) is 4.01. The summed E-state index contributed by atoms with van der Waals surface area (Å²) in [6, 6.07) is 6.19. The number of amides is 1. The Bertz CT molecular complexity index is 1210. The molecule has 0 bridgehead atoms. The van der Waals surface area contributed by atoms with Gasteiger partial charge in [0, 0.05) is 43.1 Å². The number of fused-ring (bicyclic) bond motifs is 2. The zero-order chi connectivity index (χ0) is 21.6. The number of thiazole rings is 1. The molecule has 0 atom stereocenters. The van der Waals surface area contributed by atoms with Crippen LogP contribution in [0.5, 0.6) is 0 Å². The Kier molecular flexibility index (Phi) is 4.91. The second kappa shape index (κ2) is 7.62. The van der Waals surface area contributed by atoms with Crippen molar-refractivity contribution in [3.05, 3.63) is 82.8 Å². The molecule has 0 radical (unpaired) electrons. The molecule has 6 heteroatoms. The first-order chi connectivity index (χ1) is 14.9. The maximum absolute atomic E-state index is 13.3. The molecule has 1 fully saturated rings. The molecule has 1 aromatic heterocycles. The minimum Gasteiger partial charge on any atom is -0.367 e. The summed E-state index contributed by atoms with van der Waals surface area (Å²) in [6.07, 6.45) is 13.8. The van der Waals surface area contributed by atoms with Gasteiger partial charge in [0.05, 0.1) is 20.9 Å². The van der Waals surface area contributed by atoms with Gasteiger partial charge in [0.2, 0.25) is 0 Å². The number of allylic oxidation sites excluding steroid dienone is 6. The summed E-state index contributed by atoms with van der Waals surface area (Å²) in [6.45, 7) is 9.19. The van der Waals surface area contributed by atoms with Crippen molar-refractivity contribution < 1.29 is 4.79 Å². The van der Waals surface area contributed by atoms with Crippen LogP contribution in [-0.4, -0.2) is 45.9 Å². The Morgan fingerprint density at radius 3 is 2.84 bits per heavy atom. The average Bonchev–Trinajstić information content (AvgIpc) is 3.10. The summed E-state index contributed by atoms with van der Waals surface area (Å²) in [5.74, 6) is -0.0394. The molecule has 3 aliphatic rings. The first kappa shape index (κ1) is 20.0. The van der Waals surface area contributed by atoms with Crippen LogP contribution in [0.15, 0.2) is 72.2 Å². The number of hydrogen-bond acceptors (Lipinski definition) is 5. The molecule has 5 rings (SSSR count). The van der Waals surface area contributed by atoms with E-state index in [1.165, 1.54) is 0 Å². The Labute approximate surface area is 186 Å². The van der Waals surface area contributed by atoms with Gasteiger partial charge in [0.1, 0.15) is 0 Å². The van der Waals surface area contributed by atoms with E-state index >= 15 is 0 Å². The van der Waals surface area contributed by atoms with Crippen LogP contribution >= 0.6 is 11.3 Å². The second-order valence-electron chi connectivity index (χ2n) is 8.79. The zero-order valence-corrected chi connectivity index (χ0v) is 18.9. The predicted molar refractivity (Wildman–Crippen MR) is 127 cm³/mol. The maximum atomic E-state index is 13.3. The number of hydrogen-bond donors (Lipinski definition) is 1. The van der Waals surface area contributed by atoms with Crippen molar-refractivity contribution in [2.24, 2.45) is 0 Å². The van der Waals surface area contributed by atoms with Crippen LogP contribution < -0.4 is 5.32 Å². The number of nitrogens with one attached hydrogen (secondary N) is 1. The number of carbonyl (C=O) groups excluding carboxylic acids is 1. The molecular formula is C25H26N4OS. The normalized spacial score (nSPS) is 22.4. The Hall–Kier alpha value is -2.96. The number of nitrogens with zero attached hydrogens (tertiary/aromatic N) is 3. The lowest BCUT2D eigenvalue weighted by molar-refractivity contribution is -0.122. The fourth-order valence-electron chi connectivity index (χ4n) is 4.28. The minimum absolute atomic E-state index is 0.0394. The van der Waals surface area contributed by atoms with E-state index in [-0.39, 0.29) is 11.4 Å². The van der Waals surface area contributed by atoms with Gasteiger partial charge in [0.15, 0.2) is 0 Å². The fraction of sp³-hybridized carbons (Fsp3) is 0.280. The molecule has 0 unspecified atom stereocenters. The van der Waals surface area contributed by atoms with Crippen molar-refractivity contribution in [1.82, 2.24) is 20.1 Å². The van der Waals surface area contributed by atoms with Crippen LogP contribution in [0.3, 0.4) is 0 Å². The molecule has 158 valence electrons. The zero-order valence-electron chi connectivity index (χ0n) is 18.1. The van der Waals surface area contributed by atoms with Gasteiger partial charge in [-0.15, -0.1) is 11.3 Å². The molecule has 0 spiro atoms. The first-order valence-corrected chi connectivity index (χ1v) is 11.4. The van der Waals surface area contributed by atoms with E-state index in [0.717, 1.165) is 57.4 Å². The van der Waals surface area contributed by atoms with Crippen molar-refractivity contribution in [1.29, 1.82) is 0 Å². The number of benzene rings is 1. The fourth-order valence-corrected chi connectivity index (χ4v) is 5.14. The molecule has 5 nitrogen and oxygen atoms in total. The van der Waals surface area contributed by atoms with Gasteiger partial charge in [-0.2, -0.15) is 0 Å². The first-order valence-electron chi connectivity index (χ1n) is 10.6. The maximum Gasteiger partial charge on any atom is 0.255 e. The quantitative estimate of drug-likeness (QED) is 0.769. The summed E-state index contributed by atoms with van der Waals surface area (Å²) in [5.41, 5.74) is 4.93. The van der Waals surface area contributed by atoms with Crippen molar-refractivity contribution in [3.63, 3.8) is 0 Å². The van der Waals surface area contributed by atoms with Crippen LogP contribution in [0, 0.1) is 6.92 Å². The average molecular weight is 431 g/mol. The molecule has 1 saturated heterocycles. The SMILES string of the molecule is Cc1nc2ccc(C3=CC(=O)N4C=C(N5CCNC(C)(C)C5)C=C/C4=C\C=C3)cc2s1. The molecule has 0 aliphatic carbocycles. The van der Waals surface area contributed by atoms with Crippen molar-refractivity contribution in [3.8, 4) is 0 Å². The summed E-state index contributed by atoms with van der Waals surface area (Å²) < 4.78 is 1.14. The van der Waals surface area contributed by atoms with Crippen molar-refractivity contribution in [2.75, 3.05) is 19.6 Å². The van der Waals surface area contributed by atoms with Gasteiger partial charge < -0.3 is 10.2 Å². The van der Waals surface area contributed by atoms with Crippen LogP contribution in [0.2, 0.25) is 0 Å². The summed E-state index contributed by atoms with van der Waals surface area (Å²) in [7, 11) is 0. The van der Waals surface area contributed by atoms with Crippen molar-refractivity contribution >= 4 is 33.0 Å². The molecular weight excluding hydrogens is 404 g/mol. The standard InChI is InChI=1S/C25H26N4OS/c1-17-27-22-10-7-19(13-23(22)31-17)18-5-4-6-20-8-9-21(15-29(20)24(30)14-18)28-12-11-26-25(2,3)16-28/h4-10,13-15,26H,11-12,16H2,1-3H3/b5-4?,18-14?,20-6+. The summed E-state index contributed by atoms with van der Waals surface area (Å²) >= 11 is 1.68. The van der Waals surface area contributed by atoms with Crippen LogP contribution in [-0.2, 0) is 4.79 Å². The van der Waals surface area contributed by atoms with E-state index in [0.29, 0.717) is 0 Å². The lowest BCUT2D eigenvalue weighted by Crippen LogP contribution is -2.56. The van der Waals surface area contributed by atoms with Gasteiger partial charge >= 0.3 is 0 Å². The van der Waals surface area contributed by atoms with E-state index in [9.17, 15) is 4.79 Å². The molecule has 1 N–H and O–H groups in total. The van der Waals surface area contributed by atoms with E-state index in [4.69, 9.17) is 0 Å². The number of carbonyl (C=O) groups is 1. The van der Waals surface area contributed by atoms with E-state index in [1.807, 2.05) is 49.6 Å². The van der Waals surface area contributed by atoms with Crippen LogP contribution in [0.25, 0.3) is 15.8 Å². The van der Waals surface area contributed by atoms with E-state index < -0.39 is 0 Å². The smallest absolute Gasteiger partial charge is 0.255 e. The molecule has 0 saturated carbocycles. The molecule has 3 aliphatic heterocycles. The van der Waals surface area contributed by atoms with Gasteiger partial charge in [0.25, 0.3) is 5.91 Å². The van der Waals surface area contributed by atoms with Crippen molar-refractivity contribution in [2.45, 2.75) is 26.3 Å². The minimum atomic E-state index is -0.0394. The van der Waals surface area contributed by atoms with Gasteiger partial charge in [-0.3, -0.25) is 9.69 Å². The Balaban J connectivity index is 1.47. The number of piperazine rings is 1. The van der Waals surface area contributed by atoms with Crippen LogP contribution in [0.1, 0.15) is 24.4 Å². The highest BCUT2D eigenvalue weighted by molar-refractivity contribution is 7.18. The third-order valence-corrected chi connectivity index (χ3v) is 6.72. The van der Waals surface area contributed by atoms with Crippen LogP contribution in [0.4, 0.5) is 0 Å². The number of aryl methyl sites for hydroxylation is 1. The largest absolute Gasteiger partial charge is 0.367 e. The number of rotatable bonds is 2. The lowest BCUT2D eigenvalue weighted by atomic mass is 10.0. The Morgan fingerprint density at radius 1 is 1.16 bits per heavy atom. The monoisotopic (exact) mass is 430 g/mol. The van der Waals surface area contributed by atoms with Gasteiger partial charge in [-0.25, -0.2) is 4.98 Å². The molecule has 2 aromatic rings. The second-order valence-corrected chi connectivity index (χ2v) is 10.0.